The van der Waals surface area contributed by atoms with E-state index >= 15 is 0 Å². The van der Waals surface area contributed by atoms with Gasteiger partial charge in [-0.15, -0.1) is 0 Å². The molecule has 1 aliphatic rings. The van der Waals surface area contributed by atoms with Crippen LogP contribution in [0.5, 0.6) is 0 Å². The van der Waals surface area contributed by atoms with Crippen LogP contribution in [0.3, 0.4) is 0 Å². The molecule has 20 heavy (non-hydrogen) atoms. The molecule has 2 aromatic rings. The zero-order chi connectivity index (χ0) is 13.9. The Kier molecular flexibility index (Phi) is 3.60. The molecular formula is C15H14N2O2S. The lowest BCUT2D eigenvalue weighted by molar-refractivity contribution is -0.387. The first kappa shape index (κ1) is 13.0. The van der Waals surface area contributed by atoms with Gasteiger partial charge in [0.2, 0.25) is 0 Å². The van der Waals surface area contributed by atoms with Crippen molar-refractivity contribution >= 4 is 23.3 Å². The van der Waals surface area contributed by atoms with Crippen molar-refractivity contribution in [3.8, 4) is 0 Å². The third-order valence-electron chi connectivity index (χ3n) is 3.34. The molecule has 0 fully saturated rings. The number of nitro benzene ring substituents is 1. The van der Waals surface area contributed by atoms with Gasteiger partial charge in [0, 0.05) is 12.6 Å². The van der Waals surface area contributed by atoms with E-state index in [1.165, 1.54) is 23.2 Å². The molecule has 2 aromatic carbocycles. The molecule has 5 heteroatoms. The molecule has 3 rings (SSSR count). The SMILES string of the molecule is O=[N+]([O-])c1ccccc1SN1CCCc2ccccc21. The predicted molar refractivity (Wildman–Crippen MR) is 81.1 cm³/mol. The maximum Gasteiger partial charge on any atom is 0.284 e. The van der Waals surface area contributed by atoms with Crippen molar-refractivity contribution in [2.45, 2.75) is 17.7 Å². The molecule has 0 spiro atoms. The van der Waals surface area contributed by atoms with Crippen molar-refractivity contribution in [2.75, 3.05) is 10.8 Å². The smallest absolute Gasteiger partial charge is 0.284 e. The number of nitrogens with zero attached hydrogens (tertiary/aromatic N) is 2. The number of para-hydroxylation sites is 2. The molecule has 0 atom stereocenters. The molecule has 0 aliphatic carbocycles. The van der Waals surface area contributed by atoms with Gasteiger partial charge in [-0.3, -0.25) is 10.1 Å². The number of fused-ring (bicyclic) bond motifs is 1. The second-order valence-electron chi connectivity index (χ2n) is 4.65. The van der Waals surface area contributed by atoms with E-state index in [1.54, 1.807) is 18.2 Å². The largest absolute Gasteiger partial charge is 0.312 e. The Morgan fingerprint density at radius 2 is 1.85 bits per heavy atom. The van der Waals surface area contributed by atoms with Gasteiger partial charge >= 0.3 is 0 Å². The van der Waals surface area contributed by atoms with Gasteiger partial charge < -0.3 is 4.31 Å². The average Bonchev–Trinajstić information content (AvgIpc) is 2.48. The van der Waals surface area contributed by atoms with Crippen LogP contribution in [0.25, 0.3) is 0 Å². The number of rotatable bonds is 3. The fourth-order valence-electron chi connectivity index (χ4n) is 2.40. The molecule has 0 saturated carbocycles. The van der Waals surface area contributed by atoms with E-state index in [0.29, 0.717) is 4.90 Å². The van der Waals surface area contributed by atoms with Crippen LogP contribution in [0, 0.1) is 10.1 Å². The molecule has 0 saturated heterocycles. The summed E-state index contributed by atoms with van der Waals surface area (Å²) in [5, 5.41) is 11.1. The first-order valence-electron chi connectivity index (χ1n) is 6.52. The molecule has 0 bridgehead atoms. The van der Waals surface area contributed by atoms with Crippen LogP contribution in [0.1, 0.15) is 12.0 Å². The lowest BCUT2D eigenvalue weighted by atomic mass is 10.0. The van der Waals surface area contributed by atoms with Crippen molar-refractivity contribution in [3.05, 3.63) is 64.2 Å². The predicted octanol–water partition coefficient (Wildman–Crippen LogP) is 4.05. The number of hydrogen-bond donors (Lipinski definition) is 0. The maximum absolute atomic E-state index is 11.1. The van der Waals surface area contributed by atoms with Crippen LogP contribution >= 0.6 is 11.9 Å². The Balaban J connectivity index is 1.92. The third-order valence-corrected chi connectivity index (χ3v) is 4.48. The van der Waals surface area contributed by atoms with Gasteiger partial charge in [-0.05, 0) is 42.5 Å². The van der Waals surface area contributed by atoms with Crippen LogP contribution in [0.4, 0.5) is 11.4 Å². The van der Waals surface area contributed by atoms with Crippen LogP contribution in [-0.4, -0.2) is 11.5 Å². The highest BCUT2D eigenvalue weighted by atomic mass is 32.2. The van der Waals surface area contributed by atoms with Gasteiger partial charge in [0.1, 0.15) is 4.90 Å². The fourth-order valence-corrected chi connectivity index (χ4v) is 3.51. The van der Waals surface area contributed by atoms with Crippen molar-refractivity contribution in [1.82, 2.24) is 0 Å². The molecule has 4 nitrogen and oxygen atoms in total. The lowest BCUT2D eigenvalue weighted by Crippen LogP contribution is -2.22. The van der Waals surface area contributed by atoms with Crippen LogP contribution in [-0.2, 0) is 6.42 Å². The zero-order valence-electron chi connectivity index (χ0n) is 10.9. The summed E-state index contributed by atoms with van der Waals surface area (Å²) in [6.45, 7) is 0.910. The first-order chi connectivity index (χ1) is 9.75. The zero-order valence-corrected chi connectivity index (χ0v) is 11.7. The van der Waals surface area contributed by atoms with Crippen molar-refractivity contribution < 1.29 is 4.92 Å². The minimum absolute atomic E-state index is 0.167. The summed E-state index contributed by atoms with van der Waals surface area (Å²) in [6, 6.07) is 15.2. The topological polar surface area (TPSA) is 46.4 Å². The third kappa shape index (κ3) is 2.49. The molecule has 0 aromatic heterocycles. The number of aryl methyl sites for hydroxylation is 1. The Hall–Kier alpha value is -2.01. The van der Waals surface area contributed by atoms with E-state index in [4.69, 9.17) is 0 Å². The van der Waals surface area contributed by atoms with Crippen molar-refractivity contribution in [1.29, 1.82) is 0 Å². The average molecular weight is 286 g/mol. The summed E-state index contributed by atoms with van der Waals surface area (Å²) in [4.78, 5) is 11.5. The molecule has 0 amide bonds. The second kappa shape index (κ2) is 5.54. The van der Waals surface area contributed by atoms with Gasteiger partial charge in [0.05, 0.1) is 10.6 Å². The molecule has 102 valence electrons. The Morgan fingerprint density at radius 3 is 2.70 bits per heavy atom. The number of hydrogen-bond acceptors (Lipinski definition) is 4. The fraction of sp³-hybridized carbons (Fsp3) is 0.200. The highest BCUT2D eigenvalue weighted by Gasteiger charge is 2.21. The highest BCUT2D eigenvalue weighted by molar-refractivity contribution is 8.00. The van der Waals surface area contributed by atoms with Gasteiger partial charge in [-0.25, -0.2) is 0 Å². The Bertz CT molecular complexity index is 645. The monoisotopic (exact) mass is 286 g/mol. The number of anilines is 1. The summed E-state index contributed by atoms with van der Waals surface area (Å²) >= 11 is 1.45. The first-order valence-corrected chi connectivity index (χ1v) is 7.30. The van der Waals surface area contributed by atoms with Gasteiger partial charge in [0.15, 0.2) is 0 Å². The molecule has 0 N–H and O–H groups in total. The second-order valence-corrected chi connectivity index (χ2v) is 5.71. The molecule has 0 radical (unpaired) electrons. The summed E-state index contributed by atoms with van der Waals surface area (Å²) < 4.78 is 2.15. The number of nitro groups is 1. The van der Waals surface area contributed by atoms with Crippen LogP contribution in [0.15, 0.2) is 53.4 Å². The summed E-state index contributed by atoms with van der Waals surface area (Å²) in [6.07, 6.45) is 2.15. The van der Waals surface area contributed by atoms with Gasteiger partial charge in [-0.1, -0.05) is 30.3 Å². The van der Waals surface area contributed by atoms with E-state index in [2.05, 4.69) is 16.4 Å². The Labute approximate surface area is 121 Å². The standard InChI is InChI=1S/C15H14N2O2S/c18-17(19)14-9-3-4-10-15(14)20-16-11-5-7-12-6-1-2-8-13(12)16/h1-4,6,8-10H,5,7,11H2. The summed E-state index contributed by atoms with van der Waals surface area (Å²) in [5.74, 6) is 0. The number of benzene rings is 2. The van der Waals surface area contributed by atoms with Gasteiger partial charge in [0.25, 0.3) is 5.69 Å². The Morgan fingerprint density at radius 1 is 1.10 bits per heavy atom. The van der Waals surface area contributed by atoms with Crippen LogP contribution < -0.4 is 4.31 Å². The van der Waals surface area contributed by atoms with E-state index in [-0.39, 0.29) is 10.6 Å². The summed E-state index contributed by atoms with van der Waals surface area (Å²) in [5.41, 5.74) is 2.65. The minimum Gasteiger partial charge on any atom is -0.312 e. The molecule has 1 heterocycles. The van der Waals surface area contributed by atoms with E-state index in [9.17, 15) is 10.1 Å². The summed E-state index contributed by atoms with van der Waals surface area (Å²) in [7, 11) is 0. The van der Waals surface area contributed by atoms with Crippen molar-refractivity contribution in [3.63, 3.8) is 0 Å². The quantitative estimate of drug-likeness (QED) is 0.485. The van der Waals surface area contributed by atoms with E-state index < -0.39 is 0 Å². The molecule has 1 aliphatic heterocycles. The van der Waals surface area contributed by atoms with Crippen LogP contribution in [0.2, 0.25) is 0 Å². The molecular weight excluding hydrogens is 272 g/mol. The molecule has 0 unspecified atom stereocenters. The highest BCUT2D eigenvalue weighted by Crippen LogP contribution is 2.38. The normalized spacial score (nSPS) is 13.9. The minimum atomic E-state index is -0.321. The van der Waals surface area contributed by atoms with Gasteiger partial charge in [-0.2, -0.15) is 0 Å². The lowest BCUT2D eigenvalue weighted by Gasteiger charge is -2.29. The van der Waals surface area contributed by atoms with E-state index in [1.807, 2.05) is 18.2 Å². The maximum atomic E-state index is 11.1. The van der Waals surface area contributed by atoms with Crippen molar-refractivity contribution in [2.24, 2.45) is 0 Å². The van der Waals surface area contributed by atoms with E-state index in [0.717, 1.165) is 19.4 Å².